The minimum atomic E-state index is 0.483. The van der Waals surface area contributed by atoms with Crippen LogP contribution in [0.1, 0.15) is 19.4 Å². The van der Waals surface area contributed by atoms with Gasteiger partial charge < -0.3 is 10.2 Å². The van der Waals surface area contributed by atoms with Crippen LogP contribution in [-0.2, 0) is 0 Å². The molecule has 15 heavy (non-hydrogen) atoms. The Labute approximate surface area is 99.8 Å². The van der Waals surface area contributed by atoms with Crippen molar-refractivity contribution >= 4 is 27.3 Å². The van der Waals surface area contributed by atoms with Gasteiger partial charge in [0.05, 0.1) is 11.4 Å². The molecule has 0 saturated carbocycles. The molecule has 0 aliphatic carbocycles. The van der Waals surface area contributed by atoms with Crippen LogP contribution >= 0.6 is 15.9 Å². The average molecular weight is 269 g/mol. The molecular weight excluding hydrogens is 252 g/mol. The van der Waals surface area contributed by atoms with E-state index >= 15 is 0 Å². The molecule has 82 valence electrons. The summed E-state index contributed by atoms with van der Waals surface area (Å²) in [4.78, 5) is 2.33. The number of nitrogens with zero attached hydrogens (tertiary/aromatic N) is 1. The van der Waals surface area contributed by atoms with Gasteiger partial charge in [-0.1, -0.05) is 0 Å². The molecule has 2 nitrogen and oxygen atoms in total. The van der Waals surface area contributed by atoms with Crippen LogP contribution in [0.15, 0.2) is 16.6 Å². The Morgan fingerprint density at radius 1 is 1.33 bits per heavy atom. The van der Waals surface area contributed by atoms with Gasteiger partial charge in [0.15, 0.2) is 0 Å². The summed E-state index contributed by atoms with van der Waals surface area (Å²) < 4.78 is 1.17. The van der Waals surface area contributed by atoms with E-state index in [4.69, 9.17) is 0 Å². The van der Waals surface area contributed by atoms with Crippen molar-refractivity contribution < 1.29 is 0 Å². The second-order valence-corrected chi connectivity index (χ2v) is 5.28. The third-order valence-corrected chi connectivity index (χ3v) is 3.88. The molecule has 3 heteroatoms. The molecule has 1 aliphatic heterocycles. The summed E-state index contributed by atoms with van der Waals surface area (Å²) in [6, 6.07) is 5.37. The van der Waals surface area contributed by atoms with E-state index in [-0.39, 0.29) is 0 Å². The van der Waals surface area contributed by atoms with Gasteiger partial charge in [-0.2, -0.15) is 0 Å². The first-order chi connectivity index (χ1) is 7.00. The highest BCUT2D eigenvalue weighted by Crippen LogP contribution is 2.39. The molecule has 0 saturated heterocycles. The molecule has 1 aliphatic rings. The first kappa shape index (κ1) is 10.8. The molecular formula is C12H17BrN2. The number of likely N-dealkylation sites (N-methyl/N-ethyl adjacent to an activating group) is 1. The summed E-state index contributed by atoms with van der Waals surface area (Å²) in [5.41, 5.74) is 3.78. The number of benzene rings is 1. The van der Waals surface area contributed by atoms with Crippen molar-refractivity contribution in [1.29, 1.82) is 0 Å². The Bertz CT molecular complexity index is 389. The molecule has 0 radical (unpaired) electrons. The fraction of sp³-hybridized carbons (Fsp3) is 0.500. The highest BCUT2D eigenvalue weighted by atomic mass is 79.9. The van der Waals surface area contributed by atoms with E-state index < -0.39 is 0 Å². The lowest BCUT2D eigenvalue weighted by Crippen LogP contribution is -2.45. The van der Waals surface area contributed by atoms with Crippen molar-refractivity contribution in [2.75, 3.05) is 17.3 Å². The van der Waals surface area contributed by atoms with Gasteiger partial charge in [-0.25, -0.2) is 0 Å². The minimum absolute atomic E-state index is 0.483. The van der Waals surface area contributed by atoms with Crippen molar-refractivity contribution in [3.8, 4) is 0 Å². The fourth-order valence-electron chi connectivity index (χ4n) is 2.11. The van der Waals surface area contributed by atoms with E-state index in [2.05, 4.69) is 66.1 Å². The summed E-state index contributed by atoms with van der Waals surface area (Å²) >= 11 is 3.64. The maximum atomic E-state index is 3.64. The van der Waals surface area contributed by atoms with E-state index in [9.17, 15) is 0 Å². The van der Waals surface area contributed by atoms with Gasteiger partial charge in [0.25, 0.3) is 0 Å². The fourth-order valence-corrected chi connectivity index (χ4v) is 2.96. The largest absolute Gasteiger partial charge is 0.379 e. The summed E-state index contributed by atoms with van der Waals surface area (Å²) in [7, 11) is 2.15. The first-order valence-electron chi connectivity index (χ1n) is 5.30. The van der Waals surface area contributed by atoms with Crippen LogP contribution in [-0.4, -0.2) is 19.1 Å². The number of hydrogen-bond acceptors (Lipinski definition) is 2. The van der Waals surface area contributed by atoms with Gasteiger partial charge in [0.2, 0.25) is 0 Å². The van der Waals surface area contributed by atoms with Crippen LogP contribution in [0, 0.1) is 6.92 Å². The topological polar surface area (TPSA) is 15.3 Å². The maximum absolute atomic E-state index is 3.64. The van der Waals surface area contributed by atoms with Crippen molar-refractivity contribution in [3.05, 3.63) is 22.2 Å². The van der Waals surface area contributed by atoms with Crippen molar-refractivity contribution in [1.82, 2.24) is 0 Å². The first-order valence-corrected chi connectivity index (χ1v) is 6.09. The Balaban J connectivity index is 2.55. The Hall–Kier alpha value is -0.700. The van der Waals surface area contributed by atoms with Crippen LogP contribution in [0.25, 0.3) is 0 Å². The quantitative estimate of drug-likeness (QED) is 0.776. The Morgan fingerprint density at radius 3 is 2.67 bits per heavy atom. The number of fused-ring (bicyclic) bond motifs is 1. The lowest BCUT2D eigenvalue weighted by molar-refractivity contribution is 0.586. The lowest BCUT2D eigenvalue weighted by atomic mass is 10.0. The summed E-state index contributed by atoms with van der Waals surface area (Å²) in [5, 5.41) is 3.55. The van der Waals surface area contributed by atoms with Gasteiger partial charge in [0.1, 0.15) is 0 Å². The average Bonchev–Trinajstić information content (AvgIpc) is 2.13. The van der Waals surface area contributed by atoms with Crippen molar-refractivity contribution in [2.24, 2.45) is 0 Å². The van der Waals surface area contributed by atoms with Gasteiger partial charge in [0, 0.05) is 23.6 Å². The smallest absolute Gasteiger partial charge is 0.0747 e. The monoisotopic (exact) mass is 268 g/mol. The lowest BCUT2D eigenvalue weighted by Gasteiger charge is -2.40. The molecule has 0 bridgehead atoms. The maximum Gasteiger partial charge on any atom is 0.0747 e. The normalized spacial score (nSPS) is 24.7. The third-order valence-electron chi connectivity index (χ3n) is 3.28. The molecule has 1 heterocycles. The predicted molar refractivity (Wildman–Crippen MR) is 69.8 cm³/mol. The molecule has 1 N–H and O–H groups in total. The van der Waals surface area contributed by atoms with E-state index in [1.807, 2.05) is 0 Å². The number of rotatable bonds is 0. The summed E-state index contributed by atoms with van der Waals surface area (Å²) in [6.45, 7) is 6.59. The van der Waals surface area contributed by atoms with E-state index in [0.29, 0.717) is 12.1 Å². The van der Waals surface area contributed by atoms with E-state index in [1.54, 1.807) is 0 Å². The summed E-state index contributed by atoms with van der Waals surface area (Å²) in [5.74, 6) is 0. The number of nitrogens with one attached hydrogen (secondary N) is 1. The minimum Gasteiger partial charge on any atom is -0.379 e. The molecule has 0 aromatic heterocycles. The van der Waals surface area contributed by atoms with Gasteiger partial charge >= 0.3 is 0 Å². The van der Waals surface area contributed by atoms with Crippen molar-refractivity contribution in [2.45, 2.75) is 32.9 Å². The van der Waals surface area contributed by atoms with E-state index in [0.717, 1.165) is 0 Å². The van der Waals surface area contributed by atoms with Crippen molar-refractivity contribution in [3.63, 3.8) is 0 Å². The standard InChI is InChI=1S/C12H17BrN2/c1-7-5-10(13)12-11(6-7)14-8(2)9(3)15(12)4/h5-6,8-9,14H,1-4H3. The number of hydrogen-bond donors (Lipinski definition) is 1. The third kappa shape index (κ3) is 1.73. The second kappa shape index (κ2) is 3.71. The van der Waals surface area contributed by atoms with E-state index in [1.165, 1.54) is 21.4 Å². The zero-order valence-electron chi connectivity index (χ0n) is 9.63. The number of halogens is 1. The van der Waals surface area contributed by atoms with Crippen LogP contribution in [0.5, 0.6) is 0 Å². The Kier molecular flexibility index (Phi) is 2.67. The molecule has 0 spiro atoms. The van der Waals surface area contributed by atoms with Gasteiger partial charge in [-0.15, -0.1) is 0 Å². The zero-order chi connectivity index (χ0) is 11.2. The zero-order valence-corrected chi connectivity index (χ0v) is 11.2. The molecule has 0 fully saturated rings. The van der Waals surface area contributed by atoms with Gasteiger partial charge in [-0.05, 0) is 54.4 Å². The number of anilines is 2. The molecule has 1 aromatic carbocycles. The molecule has 2 unspecified atom stereocenters. The SMILES string of the molecule is Cc1cc(Br)c2c(c1)NC(C)C(C)N2C. The summed E-state index contributed by atoms with van der Waals surface area (Å²) in [6.07, 6.45) is 0. The predicted octanol–water partition coefficient (Wildman–Crippen LogP) is 3.40. The molecule has 1 aromatic rings. The van der Waals surface area contributed by atoms with Gasteiger partial charge in [-0.3, -0.25) is 0 Å². The molecule has 0 amide bonds. The highest BCUT2D eigenvalue weighted by molar-refractivity contribution is 9.10. The molecule has 2 atom stereocenters. The number of aryl methyl sites for hydroxylation is 1. The highest BCUT2D eigenvalue weighted by Gasteiger charge is 2.27. The van der Waals surface area contributed by atoms with Crippen LogP contribution in [0.3, 0.4) is 0 Å². The molecule has 2 rings (SSSR count). The Morgan fingerprint density at radius 2 is 2.00 bits per heavy atom. The van der Waals surface area contributed by atoms with Crippen LogP contribution in [0.2, 0.25) is 0 Å². The van der Waals surface area contributed by atoms with Crippen LogP contribution in [0.4, 0.5) is 11.4 Å². The van der Waals surface area contributed by atoms with Crippen LogP contribution < -0.4 is 10.2 Å². The second-order valence-electron chi connectivity index (χ2n) is 4.43.